The summed E-state index contributed by atoms with van der Waals surface area (Å²) in [7, 11) is 0. The van der Waals surface area contributed by atoms with Crippen molar-refractivity contribution < 1.29 is 5.11 Å². The third-order valence-electron chi connectivity index (χ3n) is 4.79. The molecule has 20 heavy (non-hydrogen) atoms. The van der Waals surface area contributed by atoms with Gasteiger partial charge < -0.3 is 10.0 Å². The van der Waals surface area contributed by atoms with Crippen molar-refractivity contribution in [1.29, 1.82) is 0 Å². The second kappa shape index (κ2) is 6.11. The Hall–Kier alpha value is -1.12. The average Bonchev–Trinajstić information content (AvgIpc) is 2.97. The first-order chi connectivity index (χ1) is 9.76. The summed E-state index contributed by atoms with van der Waals surface area (Å²) < 4.78 is 0. The van der Waals surface area contributed by atoms with Gasteiger partial charge in [0.25, 0.3) is 0 Å². The van der Waals surface area contributed by atoms with Crippen LogP contribution in [0.25, 0.3) is 6.08 Å². The van der Waals surface area contributed by atoms with E-state index in [0.29, 0.717) is 0 Å². The van der Waals surface area contributed by atoms with E-state index < -0.39 is 0 Å². The summed E-state index contributed by atoms with van der Waals surface area (Å²) in [4.78, 5) is 2.59. The van der Waals surface area contributed by atoms with Crippen molar-refractivity contribution >= 4 is 6.08 Å². The molecule has 1 aromatic rings. The molecule has 2 nitrogen and oxygen atoms in total. The number of rotatable bonds is 4. The van der Waals surface area contributed by atoms with Gasteiger partial charge in [-0.1, -0.05) is 23.8 Å². The van der Waals surface area contributed by atoms with Gasteiger partial charge in [0.1, 0.15) is 0 Å². The number of aliphatic hydroxyl groups excluding tert-OH is 1. The first-order valence-corrected chi connectivity index (χ1v) is 7.91. The number of likely N-dealkylation sites (tertiary alicyclic amines) is 1. The average molecular weight is 271 g/mol. The molecule has 0 unspecified atom stereocenters. The molecular formula is C18H25NO. The van der Waals surface area contributed by atoms with Crippen molar-refractivity contribution in [3.8, 4) is 0 Å². The van der Waals surface area contributed by atoms with Crippen molar-refractivity contribution in [3.05, 3.63) is 40.0 Å². The van der Waals surface area contributed by atoms with Gasteiger partial charge in [0.05, 0.1) is 6.61 Å². The van der Waals surface area contributed by atoms with Crippen LogP contribution in [0.1, 0.15) is 47.9 Å². The number of aryl methyl sites for hydroxylation is 2. The van der Waals surface area contributed by atoms with Gasteiger partial charge in [-0.2, -0.15) is 0 Å². The lowest BCUT2D eigenvalue weighted by Gasteiger charge is -2.21. The molecule has 1 aliphatic carbocycles. The lowest BCUT2D eigenvalue weighted by molar-refractivity contribution is 0.281. The highest BCUT2D eigenvalue weighted by Crippen LogP contribution is 2.28. The molecule has 1 N–H and O–H groups in total. The van der Waals surface area contributed by atoms with Gasteiger partial charge in [0.2, 0.25) is 0 Å². The molecule has 0 spiro atoms. The zero-order valence-electron chi connectivity index (χ0n) is 12.5. The van der Waals surface area contributed by atoms with Crippen LogP contribution in [0, 0.1) is 6.92 Å². The molecule has 0 aromatic heterocycles. The molecule has 2 heteroatoms. The van der Waals surface area contributed by atoms with E-state index in [1.54, 1.807) is 5.57 Å². The van der Waals surface area contributed by atoms with Crippen LogP contribution in [0.3, 0.4) is 0 Å². The maximum Gasteiger partial charge on any atom is 0.0684 e. The predicted molar refractivity (Wildman–Crippen MR) is 83.7 cm³/mol. The largest absolute Gasteiger partial charge is 0.392 e. The fraction of sp³-hybridized carbons (Fsp3) is 0.556. The van der Waals surface area contributed by atoms with Gasteiger partial charge in [-0.25, -0.2) is 0 Å². The third-order valence-corrected chi connectivity index (χ3v) is 4.79. The van der Waals surface area contributed by atoms with E-state index in [1.807, 2.05) is 0 Å². The fourth-order valence-corrected chi connectivity index (χ4v) is 3.44. The molecule has 0 saturated carbocycles. The zero-order chi connectivity index (χ0) is 13.9. The molecule has 1 aromatic carbocycles. The minimum absolute atomic E-state index is 0.157. The van der Waals surface area contributed by atoms with Crippen LogP contribution < -0.4 is 0 Å². The maximum absolute atomic E-state index is 9.36. The van der Waals surface area contributed by atoms with Crippen molar-refractivity contribution in [1.82, 2.24) is 4.90 Å². The Morgan fingerprint density at radius 1 is 1.15 bits per heavy atom. The molecule has 1 saturated heterocycles. The first-order valence-electron chi connectivity index (χ1n) is 7.91. The summed E-state index contributed by atoms with van der Waals surface area (Å²) in [5.74, 6) is 0. The highest BCUT2D eigenvalue weighted by molar-refractivity contribution is 5.61. The summed E-state index contributed by atoms with van der Waals surface area (Å²) in [5, 5.41) is 9.36. The monoisotopic (exact) mass is 271 g/mol. The van der Waals surface area contributed by atoms with Crippen molar-refractivity contribution in [2.24, 2.45) is 0 Å². The van der Waals surface area contributed by atoms with Gasteiger partial charge in [-0.15, -0.1) is 0 Å². The second-order valence-corrected chi connectivity index (χ2v) is 6.24. The van der Waals surface area contributed by atoms with Gasteiger partial charge in [0.15, 0.2) is 0 Å². The number of nitrogens with zero attached hydrogens (tertiary/aromatic N) is 1. The molecule has 0 radical (unpaired) electrons. The summed E-state index contributed by atoms with van der Waals surface area (Å²) in [6.07, 6.45) is 8.70. The maximum atomic E-state index is 9.36. The van der Waals surface area contributed by atoms with Crippen LogP contribution in [0.15, 0.2) is 17.7 Å². The highest BCUT2D eigenvalue weighted by atomic mass is 16.3. The Morgan fingerprint density at radius 3 is 2.70 bits per heavy atom. The van der Waals surface area contributed by atoms with Crippen LogP contribution in [-0.2, 0) is 13.0 Å². The number of fused-ring (bicyclic) bond motifs is 1. The number of benzene rings is 1. The standard InChI is InChI=1S/C18H25NO/c1-14-10-17-11-15(6-9-19-7-2-3-8-19)4-5-16(17)12-18(14)13-20/h10-12,20H,2-9,13H2,1H3. The van der Waals surface area contributed by atoms with Gasteiger partial charge in [-0.3, -0.25) is 0 Å². The topological polar surface area (TPSA) is 23.5 Å². The Labute approximate surface area is 122 Å². The smallest absolute Gasteiger partial charge is 0.0684 e. The molecule has 1 fully saturated rings. The van der Waals surface area contributed by atoms with E-state index in [9.17, 15) is 5.11 Å². The molecule has 1 aliphatic heterocycles. The fourth-order valence-electron chi connectivity index (χ4n) is 3.44. The lowest BCUT2D eigenvalue weighted by Crippen LogP contribution is -2.21. The second-order valence-electron chi connectivity index (χ2n) is 6.24. The normalized spacial score (nSPS) is 19.0. The Bertz CT molecular complexity index is 512. The zero-order valence-corrected chi connectivity index (χ0v) is 12.5. The molecule has 0 bridgehead atoms. The minimum atomic E-state index is 0.157. The summed E-state index contributed by atoms with van der Waals surface area (Å²) in [6.45, 7) is 6.07. The van der Waals surface area contributed by atoms with Crippen LogP contribution in [-0.4, -0.2) is 29.6 Å². The molecule has 108 valence electrons. The van der Waals surface area contributed by atoms with E-state index in [1.165, 1.54) is 62.0 Å². The first kappa shape index (κ1) is 13.8. The van der Waals surface area contributed by atoms with Crippen LogP contribution in [0.2, 0.25) is 0 Å². The Morgan fingerprint density at radius 2 is 1.95 bits per heavy atom. The summed E-state index contributed by atoms with van der Waals surface area (Å²) >= 11 is 0. The number of hydrogen-bond donors (Lipinski definition) is 1. The molecule has 3 rings (SSSR count). The predicted octanol–water partition coefficient (Wildman–Crippen LogP) is 3.30. The van der Waals surface area contributed by atoms with E-state index in [2.05, 4.69) is 30.0 Å². The van der Waals surface area contributed by atoms with Crippen LogP contribution in [0.4, 0.5) is 0 Å². The van der Waals surface area contributed by atoms with Crippen molar-refractivity contribution in [2.45, 2.75) is 45.6 Å². The number of aliphatic hydroxyl groups is 1. The number of hydrogen-bond acceptors (Lipinski definition) is 2. The third kappa shape index (κ3) is 2.97. The Kier molecular flexibility index (Phi) is 4.23. The molecule has 0 atom stereocenters. The molecular weight excluding hydrogens is 246 g/mol. The van der Waals surface area contributed by atoms with E-state index in [-0.39, 0.29) is 6.61 Å². The van der Waals surface area contributed by atoms with E-state index in [0.717, 1.165) is 12.0 Å². The molecule has 0 amide bonds. The molecule has 1 heterocycles. The van der Waals surface area contributed by atoms with Gasteiger partial charge >= 0.3 is 0 Å². The quantitative estimate of drug-likeness (QED) is 0.908. The highest BCUT2D eigenvalue weighted by Gasteiger charge is 2.15. The minimum Gasteiger partial charge on any atom is -0.392 e. The van der Waals surface area contributed by atoms with Crippen molar-refractivity contribution in [3.63, 3.8) is 0 Å². The van der Waals surface area contributed by atoms with E-state index >= 15 is 0 Å². The summed E-state index contributed by atoms with van der Waals surface area (Å²) in [6, 6.07) is 4.44. The van der Waals surface area contributed by atoms with Crippen LogP contribution in [0.5, 0.6) is 0 Å². The lowest BCUT2D eigenvalue weighted by atomic mass is 9.88. The van der Waals surface area contributed by atoms with E-state index in [4.69, 9.17) is 0 Å². The van der Waals surface area contributed by atoms with Crippen LogP contribution >= 0.6 is 0 Å². The summed E-state index contributed by atoms with van der Waals surface area (Å²) in [5.41, 5.74) is 6.67. The van der Waals surface area contributed by atoms with Gasteiger partial charge in [0, 0.05) is 6.54 Å². The van der Waals surface area contributed by atoms with Gasteiger partial charge in [-0.05, 0) is 74.4 Å². The Balaban J connectivity index is 1.70. The van der Waals surface area contributed by atoms with Crippen molar-refractivity contribution in [2.75, 3.05) is 19.6 Å². The molecule has 2 aliphatic rings. The SMILES string of the molecule is Cc1cc2c(cc1CO)CCC(CCN1CCCC1)=C2.